The molecule has 0 spiro atoms. The Hall–Kier alpha value is -5.16. The first-order valence-electron chi connectivity index (χ1n) is 12.1. The van der Waals surface area contributed by atoms with Gasteiger partial charge >= 0.3 is 42.1 Å². The first kappa shape index (κ1) is 43.0. The molecular formula is C28H32F6N2O10. The maximum atomic E-state index is 12.1. The van der Waals surface area contributed by atoms with Gasteiger partial charge in [-0.3, -0.25) is 19.2 Å². The Balaban J connectivity index is 0. The number of phenolic OH excluding ortho intramolecular Hbond substituents is 2. The number of esters is 2. The third kappa shape index (κ3) is 16.1. The second-order valence-electron chi connectivity index (χ2n) is 8.56. The van der Waals surface area contributed by atoms with Crippen molar-refractivity contribution in [2.45, 2.75) is 65.0 Å². The van der Waals surface area contributed by atoms with Crippen LogP contribution in [0.4, 0.5) is 26.3 Å². The third-order valence-electron chi connectivity index (χ3n) is 5.17. The number of halogens is 6. The molecule has 0 unspecified atom stereocenters. The Bertz CT molecular complexity index is 1320. The summed E-state index contributed by atoms with van der Waals surface area (Å²) in [7, 11) is 0. The molecule has 0 aromatic heterocycles. The lowest BCUT2D eigenvalue weighted by Crippen LogP contribution is -2.49. The molecule has 0 saturated carbocycles. The van der Waals surface area contributed by atoms with E-state index < -0.39 is 66.4 Å². The first-order chi connectivity index (χ1) is 20.3. The summed E-state index contributed by atoms with van der Waals surface area (Å²) in [5.41, 5.74) is 0.170. The minimum absolute atomic E-state index is 0. The van der Waals surface area contributed by atoms with Crippen LogP contribution in [0.25, 0.3) is 0 Å². The second-order valence-corrected chi connectivity index (χ2v) is 8.56. The SMILES string of the molecule is C.C.O=C(CC[C@H](NC(=O)C(F)(F)F)C(=O)O)c1ccc(O)cc1.O=C1CC[C@H](NC(=O)C(F)(F)F)C(=O)O1.Oc1ccccc1. The van der Waals surface area contributed by atoms with Crippen LogP contribution in [0.3, 0.4) is 0 Å². The number of carboxylic acids is 1. The number of amides is 2. The number of ether oxygens (including phenoxy) is 1. The molecule has 5 N–H and O–H groups in total. The zero-order chi connectivity index (χ0) is 33.7. The van der Waals surface area contributed by atoms with Crippen LogP contribution >= 0.6 is 0 Å². The fourth-order valence-corrected chi connectivity index (χ4v) is 2.98. The van der Waals surface area contributed by atoms with Gasteiger partial charge in [-0.05, 0) is 49.2 Å². The Morgan fingerprint density at radius 1 is 0.826 bits per heavy atom. The normalized spacial score (nSPS) is 14.5. The molecule has 46 heavy (non-hydrogen) atoms. The van der Waals surface area contributed by atoms with Crippen LogP contribution in [0, 0.1) is 0 Å². The van der Waals surface area contributed by atoms with E-state index in [1.807, 2.05) is 6.07 Å². The van der Waals surface area contributed by atoms with Gasteiger partial charge in [-0.15, -0.1) is 0 Å². The molecule has 0 radical (unpaired) electrons. The number of ketones is 1. The van der Waals surface area contributed by atoms with E-state index in [2.05, 4.69) is 4.74 Å². The number of aliphatic carboxylic acids is 1. The zero-order valence-corrected chi connectivity index (χ0v) is 22.1. The maximum absolute atomic E-state index is 12.1. The summed E-state index contributed by atoms with van der Waals surface area (Å²) in [6.07, 6.45) is -11.5. The number of carboxylic acid groups (broad SMARTS) is 1. The summed E-state index contributed by atoms with van der Waals surface area (Å²) in [5, 5.41) is 29.2. The average molecular weight is 671 g/mol. The molecule has 1 aliphatic rings. The number of phenols is 2. The summed E-state index contributed by atoms with van der Waals surface area (Å²) in [6, 6.07) is 10.6. The van der Waals surface area contributed by atoms with Crippen molar-refractivity contribution in [2.24, 2.45) is 0 Å². The average Bonchev–Trinajstić information content (AvgIpc) is 2.92. The molecule has 2 aromatic rings. The van der Waals surface area contributed by atoms with E-state index in [1.165, 1.54) is 34.9 Å². The number of rotatable bonds is 7. The Labute approximate surface area is 258 Å². The number of cyclic esters (lactones) is 2. The minimum atomic E-state index is -5.20. The van der Waals surface area contributed by atoms with Crippen LogP contribution in [0.2, 0.25) is 0 Å². The molecule has 1 heterocycles. The molecule has 2 amide bonds. The van der Waals surface area contributed by atoms with Gasteiger partial charge in [-0.2, -0.15) is 26.3 Å². The number of benzene rings is 2. The Morgan fingerprint density at radius 2 is 1.33 bits per heavy atom. The van der Waals surface area contributed by atoms with Gasteiger partial charge in [0, 0.05) is 18.4 Å². The van der Waals surface area contributed by atoms with Crippen molar-refractivity contribution in [1.82, 2.24) is 10.6 Å². The van der Waals surface area contributed by atoms with E-state index in [1.54, 1.807) is 24.3 Å². The van der Waals surface area contributed by atoms with Crippen LogP contribution in [0.5, 0.6) is 11.5 Å². The zero-order valence-electron chi connectivity index (χ0n) is 22.1. The number of hydrogen-bond donors (Lipinski definition) is 5. The van der Waals surface area contributed by atoms with E-state index in [0.717, 1.165) is 0 Å². The second kappa shape index (κ2) is 19.3. The van der Waals surface area contributed by atoms with Crippen molar-refractivity contribution in [1.29, 1.82) is 0 Å². The van der Waals surface area contributed by atoms with E-state index in [0.29, 0.717) is 5.75 Å². The molecule has 2 aromatic carbocycles. The predicted octanol–water partition coefficient (Wildman–Crippen LogP) is 4.05. The number of para-hydroxylation sites is 1. The number of aromatic hydroxyl groups is 2. The van der Waals surface area contributed by atoms with Gasteiger partial charge in [0.15, 0.2) is 5.78 Å². The van der Waals surface area contributed by atoms with Crippen LogP contribution in [-0.4, -0.2) is 75.3 Å². The summed E-state index contributed by atoms with van der Waals surface area (Å²) in [6.45, 7) is 0. The van der Waals surface area contributed by atoms with Gasteiger partial charge in [0.05, 0.1) is 0 Å². The predicted molar refractivity (Wildman–Crippen MR) is 147 cm³/mol. The summed E-state index contributed by atoms with van der Waals surface area (Å²) < 4.78 is 75.6. The first-order valence-corrected chi connectivity index (χ1v) is 12.1. The van der Waals surface area contributed by atoms with Crippen molar-refractivity contribution in [2.75, 3.05) is 0 Å². The molecule has 1 aliphatic heterocycles. The lowest BCUT2D eigenvalue weighted by Gasteiger charge is -2.20. The lowest BCUT2D eigenvalue weighted by atomic mass is 10.0. The van der Waals surface area contributed by atoms with E-state index in [-0.39, 0.29) is 45.4 Å². The largest absolute Gasteiger partial charge is 0.508 e. The number of Topliss-reactive ketones (excluding diaryl/α,β-unsaturated/α-hetero) is 1. The van der Waals surface area contributed by atoms with Crippen LogP contribution in [0.15, 0.2) is 54.6 Å². The molecule has 1 fully saturated rings. The summed E-state index contributed by atoms with van der Waals surface area (Å²) in [5.74, 6) is -8.51. The molecule has 3 rings (SSSR count). The van der Waals surface area contributed by atoms with Crippen molar-refractivity contribution in [3.05, 3.63) is 60.2 Å². The minimum Gasteiger partial charge on any atom is -0.508 e. The molecule has 2 atom stereocenters. The van der Waals surface area contributed by atoms with Gasteiger partial charge in [0.25, 0.3) is 0 Å². The van der Waals surface area contributed by atoms with Crippen molar-refractivity contribution in [3.63, 3.8) is 0 Å². The van der Waals surface area contributed by atoms with E-state index >= 15 is 0 Å². The maximum Gasteiger partial charge on any atom is 0.471 e. The standard InChI is InChI=1S/C13H12F3NO5.C7H6F3NO4.C6H6O.2CH4/c14-13(15,16)12(22)17-9(11(20)21)5-6-10(19)7-1-3-8(18)4-2-7;8-7(9,10)6(14)11-3-1-2-4(12)15-5(3)13;7-6-4-2-1-3-5-6;;/h1-4,9,18H,5-6H2,(H,17,22)(H,20,21);3H,1-2H2,(H,11,14);1-5,7H;2*1H4/t9-;3-;;;/m00.../s1. The molecular weight excluding hydrogens is 638 g/mol. The number of hydrogen-bond acceptors (Lipinski definition) is 9. The fraction of sp³-hybridized carbons (Fsp3) is 0.357. The van der Waals surface area contributed by atoms with Crippen molar-refractivity contribution in [3.8, 4) is 11.5 Å². The quantitative estimate of drug-likeness (QED) is 0.124. The van der Waals surface area contributed by atoms with Crippen molar-refractivity contribution >= 4 is 35.5 Å². The van der Waals surface area contributed by atoms with Crippen LogP contribution in [0.1, 0.15) is 50.9 Å². The molecule has 0 bridgehead atoms. The number of carbonyl (C=O) groups is 6. The van der Waals surface area contributed by atoms with Gasteiger partial charge in [0.1, 0.15) is 23.6 Å². The van der Waals surface area contributed by atoms with Crippen LogP contribution < -0.4 is 10.6 Å². The van der Waals surface area contributed by atoms with E-state index in [4.69, 9.17) is 15.3 Å². The lowest BCUT2D eigenvalue weighted by molar-refractivity contribution is -0.178. The number of alkyl halides is 6. The number of carbonyl (C=O) groups excluding carboxylic acids is 5. The highest BCUT2D eigenvalue weighted by atomic mass is 19.4. The Kier molecular flexibility index (Phi) is 18.0. The van der Waals surface area contributed by atoms with Gasteiger partial charge < -0.3 is 30.7 Å². The monoisotopic (exact) mass is 670 g/mol. The summed E-state index contributed by atoms with van der Waals surface area (Å²) in [4.78, 5) is 65.1. The topological polar surface area (TPSA) is 196 Å². The highest BCUT2D eigenvalue weighted by molar-refractivity contribution is 5.97. The van der Waals surface area contributed by atoms with Crippen LogP contribution in [-0.2, 0) is 28.7 Å². The third-order valence-corrected chi connectivity index (χ3v) is 5.17. The number of nitrogens with one attached hydrogen (secondary N) is 2. The molecule has 18 heteroatoms. The molecule has 256 valence electrons. The molecule has 1 saturated heterocycles. The van der Waals surface area contributed by atoms with Crippen molar-refractivity contribution < 1.29 is 75.2 Å². The van der Waals surface area contributed by atoms with Gasteiger partial charge in [-0.1, -0.05) is 33.1 Å². The fourth-order valence-electron chi connectivity index (χ4n) is 2.98. The van der Waals surface area contributed by atoms with Gasteiger partial charge in [-0.25, -0.2) is 9.59 Å². The smallest absolute Gasteiger partial charge is 0.471 e. The Morgan fingerprint density at radius 3 is 1.74 bits per heavy atom. The highest BCUT2D eigenvalue weighted by Crippen LogP contribution is 2.18. The highest BCUT2D eigenvalue weighted by Gasteiger charge is 2.42. The molecule has 12 nitrogen and oxygen atoms in total. The molecule has 0 aliphatic carbocycles. The van der Waals surface area contributed by atoms with E-state index in [9.17, 15) is 55.1 Å². The van der Waals surface area contributed by atoms with Gasteiger partial charge in [0.2, 0.25) is 0 Å². The summed E-state index contributed by atoms with van der Waals surface area (Å²) >= 11 is 0.